The van der Waals surface area contributed by atoms with Crippen molar-refractivity contribution in [3.05, 3.63) is 96.8 Å². The van der Waals surface area contributed by atoms with E-state index in [1.54, 1.807) is 12.4 Å². The number of rotatable bonds is 1. The van der Waals surface area contributed by atoms with Gasteiger partial charge in [-0.2, -0.15) is 0 Å². The topological polar surface area (TPSA) is 38.3 Å². The summed E-state index contributed by atoms with van der Waals surface area (Å²) in [5, 5.41) is 2.50. The Labute approximate surface area is 198 Å². The molecule has 0 aliphatic carbocycles. The minimum absolute atomic E-state index is 0.279. The number of aromatic nitrogens is 2. The molecule has 164 valence electrons. The standard InChI is InChI=1S/C30H23N3O/c1-18-19(2)33(22-12-11-20-7-3-4-8-21(20)17-22)26-14-13-25-23-9-5-6-10-24(23)28-30(32-16-15-31-28)34-29(25)27(18)26/h3-19H,1-2H3. The Morgan fingerprint density at radius 2 is 1.50 bits per heavy atom. The van der Waals surface area contributed by atoms with E-state index in [0.29, 0.717) is 5.88 Å². The fraction of sp³-hybridized carbons (Fsp3) is 0.133. The van der Waals surface area contributed by atoms with Gasteiger partial charge in [-0.15, -0.1) is 0 Å². The Kier molecular flexibility index (Phi) is 4.06. The monoisotopic (exact) mass is 441 g/mol. The van der Waals surface area contributed by atoms with E-state index >= 15 is 0 Å². The van der Waals surface area contributed by atoms with Crippen LogP contribution >= 0.6 is 0 Å². The summed E-state index contributed by atoms with van der Waals surface area (Å²) >= 11 is 0. The summed E-state index contributed by atoms with van der Waals surface area (Å²) in [4.78, 5) is 11.6. The zero-order valence-corrected chi connectivity index (χ0v) is 19.1. The van der Waals surface area contributed by atoms with Crippen molar-refractivity contribution in [2.24, 2.45) is 0 Å². The Bertz CT molecular complexity index is 1590. The van der Waals surface area contributed by atoms with E-state index in [0.717, 1.165) is 28.1 Å². The summed E-state index contributed by atoms with van der Waals surface area (Å²) in [6.07, 6.45) is 3.43. The van der Waals surface area contributed by atoms with Crippen molar-refractivity contribution in [1.82, 2.24) is 9.97 Å². The predicted octanol–water partition coefficient (Wildman–Crippen LogP) is 7.71. The van der Waals surface area contributed by atoms with E-state index in [4.69, 9.17) is 4.74 Å². The first kappa shape index (κ1) is 19.3. The highest BCUT2D eigenvalue weighted by Gasteiger charge is 2.39. The average molecular weight is 442 g/mol. The average Bonchev–Trinajstić information content (AvgIpc) is 3.05. The Morgan fingerprint density at radius 3 is 2.38 bits per heavy atom. The SMILES string of the molecule is CC1c2c(ccc3c2Oc2nccnc2-c2ccccc2-3)N(c2ccc3ccccc3c2)C1C. The van der Waals surface area contributed by atoms with Crippen LogP contribution in [0.4, 0.5) is 11.4 Å². The fourth-order valence-corrected chi connectivity index (χ4v) is 5.55. The van der Waals surface area contributed by atoms with Crippen molar-refractivity contribution in [2.75, 3.05) is 4.90 Å². The maximum atomic E-state index is 6.60. The van der Waals surface area contributed by atoms with Crippen LogP contribution in [-0.2, 0) is 0 Å². The molecular weight excluding hydrogens is 418 g/mol. The van der Waals surface area contributed by atoms with Crippen molar-refractivity contribution < 1.29 is 4.74 Å². The van der Waals surface area contributed by atoms with E-state index in [2.05, 4.69) is 102 Å². The highest BCUT2D eigenvalue weighted by Crippen LogP contribution is 2.55. The lowest BCUT2D eigenvalue weighted by Gasteiger charge is -2.27. The Morgan fingerprint density at radius 1 is 0.735 bits per heavy atom. The molecule has 0 radical (unpaired) electrons. The molecule has 7 rings (SSSR count). The van der Waals surface area contributed by atoms with Gasteiger partial charge in [0.05, 0.1) is 0 Å². The number of hydrogen-bond acceptors (Lipinski definition) is 4. The van der Waals surface area contributed by atoms with E-state index in [1.165, 1.54) is 27.7 Å². The third kappa shape index (κ3) is 2.65. The molecule has 0 spiro atoms. The van der Waals surface area contributed by atoms with Crippen LogP contribution in [0.5, 0.6) is 11.6 Å². The van der Waals surface area contributed by atoms with Crippen LogP contribution in [0.25, 0.3) is 33.2 Å². The smallest absolute Gasteiger partial charge is 0.246 e. The first-order valence-electron chi connectivity index (χ1n) is 11.7. The zero-order valence-electron chi connectivity index (χ0n) is 19.1. The van der Waals surface area contributed by atoms with Gasteiger partial charge in [-0.3, -0.25) is 0 Å². The second-order valence-corrected chi connectivity index (χ2v) is 9.16. The van der Waals surface area contributed by atoms with Gasteiger partial charge in [0.25, 0.3) is 0 Å². The molecule has 34 heavy (non-hydrogen) atoms. The van der Waals surface area contributed by atoms with Crippen LogP contribution in [0.1, 0.15) is 25.3 Å². The quantitative estimate of drug-likeness (QED) is 0.262. The van der Waals surface area contributed by atoms with Crippen LogP contribution in [-0.4, -0.2) is 16.0 Å². The maximum absolute atomic E-state index is 6.60. The summed E-state index contributed by atoms with van der Waals surface area (Å²) in [6, 6.07) is 28.3. The van der Waals surface area contributed by atoms with Gasteiger partial charge < -0.3 is 9.64 Å². The van der Waals surface area contributed by atoms with Crippen molar-refractivity contribution >= 4 is 22.1 Å². The second kappa shape index (κ2) is 7.16. The number of benzene rings is 4. The molecule has 2 aliphatic rings. The molecule has 4 aromatic carbocycles. The molecule has 0 amide bonds. The molecule has 1 aromatic heterocycles. The molecule has 4 nitrogen and oxygen atoms in total. The van der Waals surface area contributed by atoms with E-state index in [9.17, 15) is 0 Å². The van der Waals surface area contributed by atoms with Crippen LogP contribution in [0, 0.1) is 0 Å². The van der Waals surface area contributed by atoms with E-state index in [1.807, 2.05) is 6.07 Å². The van der Waals surface area contributed by atoms with Gasteiger partial charge in [0, 0.05) is 52.4 Å². The maximum Gasteiger partial charge on any atom is 0.246 e. The molecule has 5 aromatic rings. The normalized spacial score (nSPS) is 17.9. The molecule has 2 unspecified atom stereocenters. The number of fused-ring (bicyclic) bond motifs is 8. The predicted molar refractivity (Wildman–Crippen MR) is 137 cm³/mol. The van der Waals surface area contributed by atoms with E-state index in [-0.39, 0.29) is 12.0 Å². The lowest BCUT2D eigenvalue weighted by Crippen LogP contribution is -2.25. The zero-order chi connectivity index (χ0) is 22.8. The van der Waals surface area contributed by atoms with Gasteiger partial charge in [0.2, 0.25) is 5.88 Å². The molecule has 0 saturated carbocycles. The summed E-state index contributed by atoms with van der Waals surface area (Å²) < 4.78 is 6.60. The number of ether oxygens (including phenoxy) is 1. The van der Waals surface area contributed by atoms with Gasteiger partial charge in [-0.05, 0) is 47.5 Å². The van der Waals surface area contributed by atoms with Crippen LogP contribution in [0.3, 0.4) is 0 Å². The third-order valence-corrected chi connectivity index (χ3v) is 7.37. The largest absolute Gasteiger partial charge is 0.436 e. The van der Waals surface area contributed by atoms with Gasteiger partial charge in [0.1, 0.15) is 11.4 Å². The summed E-state index contributed by atoms with van der Waals surface area (Å²) in [5.74, 6) is 1.74. The summed E-state index contributed by atoms with van der Waals surface area (Å²) in [5.41, 5.74) is 7.68. The van der Waals surface area contributed by atoms with Crippen LogP contribution in [0.15, 0.2) is 91.3 Å². The van der Waals surface area contributed by atoms with Crippen molar-refractivity contribution in [2.45, 2.75) is 25.8 Å². The van der Waals surface area contributed by atoms with Gasteiger partial charge in [0.15, 0.2) is 0 Å². The summed E-state index contributed by atoms with van der Waals surface area (Å²) in [7, 11) is 0. The molecule has 2 atom stereocenters. The molecule has 0 saturated heterocycles. The van der Waals surface area contributed by atoms with Gasteiger partial charge in [-0.1, -0.05) is 61.5 Å². The number of anilines is 2. The molecule has 0 N–H and O–H groups in total. The fourth-order valence-electron chi connectivity index (χ4n) is 5.55. The number of hydrogen-bond donors (Lipinski definition) is 0. The molecular formula is C30H23N3O. The summed E-state index contributed by atoms with van der Waals surface area (Å²) in [6.45, 7) is 4.59. The number of nitrogens with zero attached hydrogens (tertiary/aromatic N) is 3. The third-order valence-electron chi connectivity index (χ3n) is 7.37. The van der Waals surface area contributed by atoms with Gasteiger partial charge >= 0.3 is 0 Å². The van der Waals surface area contributed by atoms with Crippen LogP contribution in [0.2, 0.25) is 0 Å². The minimum Gasteiger partial charge on any atom is -0.436 e. The van der Waals surface area contributed by atoms with Crippen molar-refractivity contribution in [3.63, 3.8) is 0 Å². The first-order valence-corrected chi connectivity index (χ1v) is 11.7. The molecule has 3 heterocycles. The van der Waals surface area contributed by atoms with E-state index < -0.39 is 0 Å². The minimum atomic E-state index is 0.279. The second-order valence-electron chi connectivity index (χ2n) is 9.16. The molecule has 4 heteroatoms. The van der Waals surface area contributed by atoms with Crippen LogP contribution < -0.4 is 9.64 Å². The Balaban J connectivity index is 1.46. The van der Waals surface area contributed by atoms with Crippen molar-refractivity contribution in [3.8, 4) is 34.0 Å². The highest BCUT2D eigenvalue weighted by molar-refractivity contribution is 5.93. The highest BCUT2D eigenvalue weighted by atomic mass is 16.5. The lowest BCUT2D eigenvalue weighted by atomic mass is 9.91. The molecule has 0 bridgehead atoms. The molecule has 2 aliphatic heterocycles. The Hall–Kier alpha value is -4.18. The lowest BCUT2D eigenvalue weighted by molar-refractivity contribution is 0.456. The first-order chi connectivity index (χ1) is 16.7. The van der Waals surface area contributed by atoms with Crippen molar-refractivity contribution in [1.29, 1.82) is 0 Å². The van der Waals surface area contributed by atoms with Gasteiger partial charge in [-0.25, -0.2) is 9.97 Å². The molecule has 0 fully saturated rings.